The minimum atomic E-state index is -0.461. The molecule has 0 heterocycles. The standard InChI is InChI=1S/C19H16N4/c1-4-10-16(11-5-1)19(22-20-17-12-6-2-7-13-17)23-21-18-14-8-3-9-15-18/h1-15,19H. The summed E-state index contributed by atoms with van der Waals surface area (Å²) in [5.74, 6) is 0. The highest BCUT2D eigenvalue weighted by atomic mass is 15.3. The van der Waals surface area contributed by atoms with E-state index in [4.69, 9.17) is 0 Å². The Morgan fingerprint density at radius 1 is 0.478 bits per heavy atom. The minimum Gasteiger partial charge on any atom is -0.154 e. The van der Waals surface area contributed by atoms with Gasteiger partial charge >= 0.3 is 0 Å². The number of hydrogen-bond acceptors (Lipinski definition) is 4. The zero-order chi connectivity index (χ0) is 15.7. The topological polar surface area (TPSA) is 49.4 Å². The van der Waals surface area contributed by atoms with Gasteiger partial charge in [-0.15, -0.1) is 0 Å². The maximum Gasteiger partial charge on any atom is 0.206 e. The lowest BCUT2D eigenvalue weighted by molar-refractivity contribution is 0.689. The van der Waals surface area contributed by atoms with E-state index in [0.29, 0.717) is 0 Å². The number of benzene rings is 3. The van der Waals surface area contributed by atoms with Crippen LogP contribution in [0.4, 0.5) is 11.4 Å². The number of rotatable bonds is 5. The van der Waals surface area contributed by atoms with E-state index in [1.165, 1.54) is 0 Å². The molecule has 0 aliphatic rings. The molecule has 0 N–H and O–H groups in total. The van der Waals surface area contributed by atoms with Gasteiger partial charge in [0.05, 0.1) is 11.4 Å². The van der Waals surface area contributed by atoms with Crippen molar-refractivity contribution < 1.29 is 0 Å². The molecule has 112 valence electrons. The van der Waals surface area contributed by atoms with Crippen LogP contribution in [0.1, 0.15) is 11.7 Å². The summed E-state index contributed by atoms with van der Waals surface area (Å²) in [6.45, 7) is 0. The number of azo groups is 2. The highest BCUT2D eigenvalue weighted by molar-refractivity contribution is 5.36. The Morgan fingerprint density at radius 3 is 1.30 bits per heavy atom. The van der Waals surface area contributed by atoms with Crippen molar-refractivity contribution in [3.05, 3.63) is 96.6 Å². The van der Waals surface area contributed by atoms with E-state index in [1.807, 2.05) is 91.0 Å². The van der Waals surface area contributed by atoms with Gasteiger partial charge in [-0.1, -0.05) is 66.7 Å². The molecular formula is C19H16N4. The van der Waals surface area contributed by atoms with Gasteiger partial charge < -0.3 is 0 Å². The van der Waals surface area contributed by atoms with Crippen LogP contribution in [0.3, 0.4) is 0 Å². The molecule has 0 radical (unpaired) electrons. The second-order valence-corrected chi connectivity index (χ2v) is 4.89. The van der Waals surface area contributed by atoms with Gasteiger partial charge in [-0.05, 0) is 24.3 Å². The van der Waals surface area contributed by atoms with Crippen molar-refractivity contribution in [3.63, 3.8) is 0 Å². The fraction of sp³-hybridized carbons (Fsp3) is 0.0526. The van der Waals surface area contributed by atoms with Crippen molar-refractivity contribution in [3.8, 4) is 0 Å². The van der Waals surface area contributed by atoms with E-state index in [0.717, 1.165) is 16.9 Å². The van der Waals surface area contributed by atoms with Crippen LogP contribution in [0.2, 0.25) is 0 Å². The van der Waals surface area contributed by atoms with E-state index in [2.05, 4.69) is 20.5 Å². The molecule has 0 aliphatic heterocycles. The first-order chi connectivity index (χ1) is 11.4. The van der Waals surface area contributed by atoms with Crippen molar-refractivity contribution in [1.29, 1.82) is 0 Å². The molecule has 0 aliphatic carbocycles. The number of nitrogens with zero attached hydrogens (tertiary/aromatic N) is 4. The van der Waals surface area contributed by atoms with Crippen LogP contribution in [0, 0.1) is 0 Å². The summed E-state index contributed by atoms with van der Waals surface area (Å²) in [5, 5.41) is 17.2. The Hall–Kier alpha value is -3.14. The molecule has 0 bridgehead atoms. The quantitative estimate of drug-likeness (QED) is 0.500. The third kappa shape index (κ3) is 4.41. The molecule has 0 fully saturated rings. The van der Waals surface area contributed by atoms with E-state index < -0.39 is 6.17 Å². The summed E-state index contributed by atoms with van der Waals surface area (Å²) in [4.78, 5) is 0. The van der Waals surface area contributed by atoms with Gasteiger partial charge in [-0.2, -0.15) is 20.5 Å². The third-order valence-electron chi connectivity index (χ3n) is 3.18. The summed E-state index contributed by atoms with van der Waals surface area (Å²) >= 11 is 0. The van der Waals surface area contributed by atoms with Crippen molar-refractivity contribution in [2.24, 2.45) is 20.5 Å². The summed E-state index contributed by atoms with van der Waals surface area (Å²) < 4.78 is 0. The molecule has 4 heteroatoms. The Balaban J connectivity index is 1.85. The van der Waals surface area contributed by atoms with E-state index >= 15 is 0 Å². The van der Waals surface area contributed by atoms with Crippen molar-refractivity contribution in [1.82, 2.24) is 0 Å². The van der Waals surface area contributed by atoms with Gasteiger partial charge in [-0.25, -0.2) is 0 Å². The molecule has 23 heavy (non-hydrogen) atoms. The maximum atomic E-state index is 4.34. The van der Waals surface area contributed by atoms with Gasteiger partial charge in [0.2, 0.25) is 6.17 Å². The molecule has 3 aromatic carbocycles. The first-order valence-corrected chi connectivity index (χ1v) is 7.38. The molecule has 0 amide bonds. The monoisotopic (exact) mass is 300 g/mol. The lowest BCUT2D eigenvalue weighted by Crippen LogP contribution is -1.89. The van der Waals surface area contributed by atoms with Crippen LogP contribution in [0.25, 0.3) is 0 Å². The smallest absolute Gasteiger partial charge is 0.154 e. The van der Waals surface area contributed by atoms with Crippen LogP contribution in [-0.2, 0) is 0 Å². The minimum absolute atomic E-state index is 0.461. The lowest BCUT2D eigenvalue weighted by atomic mass is 10.2. The second kappa shape index (κ2) is 7.75. The van der Waals surface area contributed by atoms with Gasteiger partial charge in [-0.3, -0.25) is 0 Å². The van der Waals surface area contributed by atoms with Gasteiger partial charge in [0.1, 0.15) is 0 Å². The number of hydrogen-bond donors (Lipinski definition) is 0. The summed E-state index contributed by atoms with van der Waals surface area (Å²) in [6.07, 6.45) is -0.461. The molecule has 0 saturated heterocycles. The van der Waals surface area contributed by atoms with Gasteiger partial charge in [0.25, 0.3) is 0 Å². The zero-order valence-electron chi connectivity index (χ0n) is 12.5. The van der Waals surface area contributed by atoms with Crippen molar-refractivity contribution >= 4 is 11.4 Å². The fourth-order valence-corrected chi connectivity index (χ4v) is 2.01. The van der Waals surface area contributed by atoms with Crippen LogP contribution in [0.15, 0.2) is 111 Å². The molecule has 0 aromatic heterocycles. The molecule has 0 atom stereocenters. The molecule has 0 saturated carbocycles. The normalized spacial score (nSPS) is 12.7. The molecule has 4 nitrogen and oxygen atoms in total. The Bertz CT molecular complexity index is 719. The van der Waals surface area contributed by atoms with Crippen LogP contribution < -0.4 is 0 Å². The molecule has 0 unspecified atom stereocenters. The molecular weight excluding hydrogens is 284 g/mol. The summed E-state index contributed by atoms with van der Waals surface area (Å²) in [7, 11) is 0. The Kier molecular flexibility index (Phi) is 4.98. The predicted octanol–water partition coefficient (Wildman–Crippen LogP) is 6.25. The Labute approximate surface area is 135 Å². The average molecular weight is 300 g/mol. The maximum absolute atomic E-state index is 4.34. The third-order valence-corrected chi connectivity index (χ3v) is 3.18. The lowest BCUT2D eigenvalue weighted by Gasteiger charge is -2.05. The molecule has 0 spiro atoms. The van der Waals surface area contributed by atoms with Crippen molar-refractivity contribution in [2.45, 2.75) is 6.17 Å². The van der Waals surface area contributed by atoms with E-state index in [1.54, 1.807) is 0 Å². The average Bonchev–Trinajstić information content (AvgIpc) is 2.64. The van der Waals surface area contributed by atoms with E-state index in [9.17, 15) is 0 Å². The largest absolute Gasteiger partial charge is 0.206 e. The van der Waals surface area contributed by atoms with Gasteiger partial charge in [0, 0.05) is 5.56 Å². The van der Waals surface area contributed by atoms with Crippen molar-refractivity contribution in [2.75, 3.05) is 0 Å². The predicted molar refractivity (Wildman–Crippen MR) is 91.1 cm³/mol. The SMILES string of the molecule is c1ccc(N=NC(N=Nc2ccccc2)c2ccccc2)cc1. The van der Waals surface area contributed by atoms with Gasteiger partial charge in [0.15, 0.2) is 0 Å². The zero-order valence-corrected chi connectivity index (χ0v) is 12.5. The highest BCUT2D eigenvalue weighted by Gasteiger charge is 2.08. The molecule has 3 rings (SSSR count). The van der Waals surface area contributed by atoms with Crippen LogP contribution in [0.5, 0.6) is 0 Å². The van der Waals surface area contributed by atoms with Crippen LogP contribution in [-0.4, -0.2) is 0 Å². The first kappa shape index (κ1) is 14.8. The molecule has 3 aromatic rings. The first-order valence-electron chi connectivity index (χ1n) is 7.38. The highest BCUT2D eigenvalue weighted by Crippen LogP contribution is 2.24. The van der Waals surface area contributed by atoms with E-state index in [-0.39, 0.29) is 0 Å². The second-order valence-electron chi connectivity index (χ2n) is 4.89. The fourth-order valence-electron chi connectivity index (χ4n) is 2.01. The Morgan fingerprint density at radius 2 is 0.870 bits per heavy atom. The summed E-state index contributed by atoms with van der Waals surface area (Å²) in [6, 6.07) is 29.0. The van der Waals surface area contributed by atoms with Crippen LogP contribution >= 0.6 is 0 Å². The summed E-state index contributed by atoms with van der Waals surface area (Å²) in [5.41, 5.74) is 2.54.